The minimum atomic E-state index is -3.61. The Bertz CT molecular complexity index is 1050. The molecular formula is C23H29FN2O4S. The number of halogens is 1. The average molecular weight is 449 g/mol. The number of rotatable bonds is 6. The molecule has 0 spiro atoms. The van der Waals surface area contributed by atoms with Gasteiger partial charge in [0.2, 0.25) is 0 Å². The van der Waals surface area contributed by atoms with Gasteiger partial charge >= 0.3 is 0 Å². The standard InChI is InChI=1S/C23H29FN2O4S/c1-15(2)31(28,29)22-8-6-5-7-19(22)23(27)25-12-18-9-10-21(20(24)11-18)26-13-16(3)30-17(4)14-26/h5-11,15-17H,12-14H2,1-4H3,(H,25,27). The van der Waals surface area contributed by atoms with Crippen LogP contribution in [0, 0.1) is 5.82 Å². The Morgan fingerprint density at radius 1 is 1.16 bits per heavy atom. The first-order valence-corrected chi connectivity index (χ1v) is 11.9. The largest absolute Gasteiger partial charge is 0.372 e. The molecule has 0 saturated carbocycles. The van der Waals surface area contributed by atoms with E-state index in [-0.39, 0.29) is 35.0 Å². The second kappa shape index (κ2) is 9.36. The molecule has 31 heavy (non-hydrogen) atoms. The Hall–Kier alpha value is -2.45. The summed E-state index contributed by atoms with van der Waals surface area (Å²) in [5, 5.41) is 2.06. The summed E-state index contributed by atoms with van der Waals surface area (Å²) in [6.45, 7) is 8.37. The van der Waals surface area contributed by atoms with E-state index in [0.717, 1.165) is 0 Å². The maximum atomic E-state index is 14.8. The fourth-order valence-corrected chi connectivity index (χ4v) is 4.97. The van der Waals surface area contributed by atoms with E-state index in [2.05, 4.69) is 5.32 Å². The first-order chi connectivity index (χ1) is 14.6. The first kappa shape index (κ1) is 23.2. The number of morpholine rings is 1. The van der Waals surface area contributed by atoms with Crippen molar-refractivity contribution in [2.45, 2.75) is 56.6 Å². The highest BCUT2D eigenvalue weighted by atomic mass is 32.2. The zero-order chi connectivity index (χ0) is 22.8. The lowest BCUT2D eigenvalue weighted by molar-refractivity contribution is -0.00539. The maximum absolute atomic E-state index is 14.8. The average Bonchev–Trinajstić information content (AvgIpc) is 2.71. The number of ether oxygens (including phenoxy) is 1. The van der Waals surface area contributed by atoms with Crippen molar-refractivity contribution in [2.75, 3.05) is 18.0 Å². The van der Waals surface area contributed by atoms with E-state index in [1.54, 1.807) is 38.1 Å². The molecule has 1 aliphatic heterocycles. The third kappa shape index (κ3) is 5.25. The molecule has 8 heteroatoms. The molecule has 0 aromatic heterocycles. The van der Waals surface area contributed by atoms with Crippen molar-refractivity contribution in [3.05, 3.63) is 59.4 Å². The van der Waals surface area contributed by atoms with Crippen LogP contribution in [0.4, 0.5) is 10.1 Å². The molecule has 2 aromatic carbocycles. The molecule has 0 radical (unpaired) electrons. The monoisotopic (exact) mass is 448 g/mol. The summed E-state index contributed by atoms with van der Waals surface area (Å²) in [6, 6.07) is 11.0. The molecule has 6 nitrogen and oxygen atoms in total. The van der Waals surface area contributed by atoms with Crippen LogP contribution in [0.15, 0.2) is 47.4 Å². The van der Waals surface area contributed by atoms with Crippen LogP contribution in [-0.2, 0) is 21.1 Å². The highest BCUT2D eigenvalue weighted by molar-refractivity contribution is 7.92. The van der Waals surface area contributed by atoms with Crippen molar-refractivity contribution in [3.8, 4) is 0 Å². The highest BCUT2D eigenvalue weighted by Gasteiger charge is 2.26. The van der Waals surface area contributed by atoms with Crippen molar-refractivity contribution in [2.24, 2.45) is 0 Å². The number of amides is 1. The van der Waals surface area contributed by atoms with E-state index in [9.17, 15) is 17.6 Å². The molecule has 0 aliphatic carbocycles. The number of sulfone groups is 1. The summed E-state index contributed by atoms with van der Waals surface area (Å²) in [7, 11) is -3.61. The lowest BCUT2D eigenvalue weighted by atomic mass is 10.1. The molecule has 1 N–H and O–H groups in total. The van der Waals surface area contributed by atoms with Crippen molar-refractivity contribution >= 4 is 21.4 Å². The van der Waals surface area contributed by atoms with E-state index in [1.165, 1.54) is 18.2 Å². The summed E-state index contributed by atoms with van der Waals surface area (Å²) in [5.41, 5.74) is 1.18. The van der Waals surface area contributed by atoms with E-state index in [1.807, 2.05) is 18.7 Å². The molecular weight excluding hydrogens is 419 g/mol. The molecule has 3 rings (SSSR count). The van der Waals surface area contributed by atoms with Gasteiger partial charge in [-0.25, -0.2) is 12.8 Å². The number of anilines is 1. The molecule has 2 aromatic rings. The fraction of sp³-hybridized carbons (Fsp3) is 0.435. The van der Waals surface area contributed by atoms with Crippen LogP contribution in [0.25, 0.3) is 0 Å². The number of nitrogens with zero attached hydrogens (tertiary/aromatic N) is 1. The van der Waals surface area contributed by atoms with Crippen molar-refractivity contribution in [1.82, 2.24) is 5.32 Å². The van der Waals surface area contributed by atoms with Gasteiger partial charge in [-0.15, -0.1) is 0 Å². The van der Waals surface area contributed by atoms with Gasteiger partial charge in [-0.1, -0.05) is 18.2 Å². The Labute approximate surface area is 183 Å². The number of carbonyl (C=O) groups is 1. The summed E-state index contributed by atoms with van der Waals surface area (Å²) < 4.78 is 45.6. The fourth-order valence-electron chi connectivity index (χ4n) is 3.73. The van der Waals surface area contributed by atoms with E-state index < -0.39 is 21.0 Å². The molecule has 2 atom stereocenters. The summed E-state index contributed by atoms with van der Waals surface area (Å²) >= 11 is 0. The Morgan fingerprint density at radius 3 is 2.42 bits per heavy atom. The number of benzene rings is 2. The zero-order valence-electron chi connectivity index (χ0n) is 18.3. The summed E-state index contributed by atoms with van der Waals surface area (Å²) in [6.07, 6.45) is 0.0357. The van der Waals surface area contributed by atoms with Crippen molar-refractivity contribution in [3.63, 3.8) is 0 Å². The third-order valence-electron chi connectivity index (χ3n) is 5.28. The predicted octanol–water partition coefficient (Wildman–Crippen LogP) is 3.55. The SMILES string of the molecule is CC1CN(c2ccc(CNC(=O)c3ccccc3S(=O)(=O)C(C)C)cc2F)CC(C)O1. The van der Waals surface area contributed by atoms with Crippen molar-refractivity contribution in [1.29, 1.82) is 0 Å². The van der Waals surface area contributed by atoms with Crippen LogP contribution in [0.3, 0.4) is 0 Å². The molecule has 1 fully saturated rings. The Kier molecular flexibility index (Phi) is 7.01. The third-order valence-corrected chi connectivity index (χ3v) is 7.49. The van der Waals surface area contributed by atoms with Gasteiger partial charge in [0.05, 0.1) is 33.6 Å². The number of carbonyl (C=O) groups excluding carboxylic acids is 1. The van der Waals surface area contributed by atoms with Crippen LogP contribution < -0.4 is 10.2 Å². The molecule has 1 heterocycles. The Balaban J connectivity index is 1.73. The Morgan fingerprint density at radius 2 is 1.81 bits per heavy atom. The first-order valence-electron chi connectivity index (χ1n) is 10.4. The number of hydrogen-bond acceptors (Lipinski definition) is 5. The van der Waals surface area contributed by atoms with Gasteiger partial charge in [-0.05, 0) is 57.5 Å². The predicted molar refractivity (Wildman–Crippen MR) is 119 cm³/mol. The minimum absolute atomic E-state index is 0.000384. The molecule has 1 saturated heterocycles. The van der Waals surface area contributed by atoms with Gasteiger partial charge in [0, 0.05) is 19.6 Å². The number of nitrogens with one attached hydrogen (secondary N) is 1. The zero-order valence-corrected chi connectivity index (χ0v) is 19.1. The second-order valence-corrected chi connectivity index (χ2v) is 10.7. The van der Waals surface area contributed by atoms with E-state index in [0.29, 0.717) is 24.3 Å². The van der Waals surface area contributed by atoms with Gasteiger partial charge in [0.1, 0.15) is 5.82 Å². The van der Waals surface area contributed by atoms with Gasteiger partial charge < -0.3 is 15.0 Å². The minimum Gasteiger partial charge on any atom is -0.372 e. The summed E-state index contributed by atoms with van der Waals surface area (Å²) in [4.78, 5) is 14.6. The quantitative estimate of drug-likeness (QED) is 0.732. The van der Waals surface area contributed by atoms with Gasteiger partial charge in [0.15, 0.2) is 9.84 Å². The lowest BCUT2D eigenvalue weighted by Gasteiger charge is -2.37. The van der Waals surface area contributed by atoms with Crippen LogP contribution in [0.2, 0.25) is 0 Å². The molecule has 2 unspecified atom stereocenters. The lowest BCUT2D eigenvalue weighted by Crippen LogP contribution is -2.45. The van der Waals surface area contributed by atoms with Gasteiger partial charge in [-0.2, -0.15) is 0 Å². The second-order valence-electron chi connectivity index (χ2n) is 8.22. The van der Waals surface area contributed by atoms with Crippen LogP contribution in [0.1, 0.15) is 43.6 Å². The smallest absolute Gasteiger partial charge is 0.252 e. The van der Waals surface area contributed by atoms with Crippen LogP contribution in [0.5, 0.6) is 0 Å². The highest BCUT2D eigenvalue weighted by Crippen LogP contribution is 2.25. The van der Waals surface area contributed by atoms with Crippen LogP contribution in [-0.4, -0.2) is 44.9 Å². The molecule has 0 bridgehead atoms. The van der Waals surface area contributed by atoms with E-state index in [4.69, 9.17) is 4.74 Å². The van der Waals surface area contributed by atoms with Crippen molar-refractivity contribution < 1.29 is 22.3 Å². The molecule has 1 aliphatic rings. The van der Waals surface area contributed by atoms with E-state index >= 15 is 0 Å². The molecule has 168 valence electrons. The maximum Gasteiger partial charge on any atom is 0.252 e. The van der Waals surface area contributed by atoms with Gasteiger partial charge in [-0.3, -0.25) is 4.79 Å². The normalized spacial score (nSPS) is 19.5. The summed E-state index contributed by atoms with van der Waals surface area (Å²) in [5.74, 6) is -0.879. The topological polar surface area (TPSA) is 75.7 Å². The van der Waals surface area contributed by atoms with Crippen LogP contribution >= 0.6 is 0 Å². The molecule has 1 amide bonds. The number of hydrogen-bond donors (Lipinski definition) is 1. The van der Waals surface area contributed by atoms with Gasteiger partial charge in [0.25, 0.3) is 5.91 Å².